The molecule has 4 heteroatoms. The molecule has 1 aliphatic carbocycles. The van der Waals surface area contributed by atoms with Crippen molar-refractivity contribution in [3.05, 3.63) is 41.7 Å². The van der Waals surface area contributed by atoms with Gasteiger partial charge in [0.05, 0.1) is 17.1 Å². The Balaban J connectivity index is 2.13. The van der Waals surface area contributed by atoms with Gasteiger partial charge in [-0.1, -0.05) is 23.4 Å². The second-order valence-corrected chi connectivity index (χ2v) is 4.17. The maximum Gasteiger partial charge on any atom is 0.0880 e. The Hall–Kier alpha value is -1.68. The van der Waals surface area contributed by atoms with Crippen molar-refractivity contribution in [1.29, 1.82) is 0 Å². The zero-order valence-electron chi connectivity index (χ0n) is 9.00. The standard InChI is InChI=1S/C12H14N4/c13-10-7-4-8-11-12(10)16(15-14-11)9-5-2-1-3-6-9/h1-3,5-6,10H,4,7-8,13H2. The van der Waals surface area contributed by atoms with E-state index in [1.165, 1.54) is 0 Å². The zero-order chi connectivity index (χ0) is 11.0. The van der Waals surface area contributed by atoms with Gasteiger partial charge < -0.3 is 5.73 Å². The van der Waals surface area contributed by atoms with E-state index in [1.54, 1.807) is 0 Å². The van der Waals surface area contributed by atoms with Crippen LogP contribution in [0.1, 0.15) is 30.3 Å². The average molecular weight is 214 g/mol. The topological polar surface area (TPSA) is 56.7 Å². The van der Waals surface area contributed by atoms with Gasteiger partial charge in [-0.2, -0.15) is 0 Å². The summed E-state index contributed by atoms with van der Waals surface area (Å²) in [5.41, 5.74) is 9.30. The first-order valence-electron chi connectivity index (χ1n) is 5.62. The van der Waals surface area contributed by atoms with Gasteiger partial charge in [-0.3, -0.25) is 0 Å². The zero-order valence-corrected chi connectivity index (χ0v) is 9.00. The van der Waals surface area contributed by atoms with Crippen molar-refractivity contribution >= 4 is 0 Å². The summed E-state index contributed by atoms with van der Waals surface area (Å²) in [5.74, 6) is 0. The van der Waals surface area contributed by atoms with Crippen LogP contribution >= 0.6 is 0 Å². The molecular formula is C12H14N4. The Labute approximate surface area is 94.1 Å². The van der Waals surface area contributed by atoms with Crippen molar-refractivity contribution in [3.63, 3.8) is 0 Å². The van der Waals surface area contributed by atoms with E-state index in [0.717, 1.165) is 36.3 Å². The predicted molar refractivity (Wildman–Crippen MR) is 61.2 cm³/mol. The predicted octanol–water partition coefficient (Wildman–Crippen LogP) is 1.60. The molecule has 0 saturated heterocycles. The Morgan fingerprint density at radius 1 is 1.25 bits per heavy atom. The molecule has 0 spiro atoms. The van der Waals surface area contributed by atoms with Gasteiger partial charge in [0, 0.05) is 6.04 Å². The van der Waals surface area contributed by atoms with Crippen LogP contribution in [0.25, 0.3) is 5.69 Å². The summed E-state index contributed by atoms with van der Waals surface area (Å²) in [6.45, 7) is 0. The van der Waals surface area contributed by atoms with E-state index in [2.05, 4.69) is 10.3 Å². The second kappa shape index (κ2) is 3.72. The average Bonchev–Trinajstić information content (AvgIpc) is 2.75. The molecular weight excluding hydrogens is 200 g/mol. The summed E-state index contributed by atoms with van der Waals surface area (Å²) in [6.07, 6.45) is 3.13. The van der Waals surface area contributed by atoms with E-state index >= 15 is 0 Å². The normalized spacial score (nSPS) is 19.4. The Kier molecular flexibility index (Phi) is 2.22. The summed E-state index contributed by atoms with van der Waals surface area (Å²) < 4.78 is 1.87. The number of hydrogen-bond acceptors (Lipinski definition) is 3. The molecule has 0 fully saturated rings. The molecule has 0 radical (unpaired) electrons. The summed E-state index contributed by atoms with van der Waals surface area (Å²) >= 11 is 0. The van der Waals surface area contributed by atoms with Crippen LogP contribution in [0.5, 0.6) is 0 Å². The first-order chi connectivity index (χ1) is 7.86. The van der Waals surface area contributed by atoms with Gasteiger partial charge >= 0.3 is 0 Å². The van der Waals surface area contributed by atoms with Crippen LogP contribution in [-0.4, -0.2) is 15.0 Å². The summed E-state index contributed by atoms with van der Waals surface area (Å²) in [5, 5.41) is 8.42. The largest absolute Gasteiger partial charge is 0.323 e. The lowest BCUT2D eigenvalue weighted by molar-refractivity contribution is 0.541. The molecule has 3 rings (SSSR count). The number of nitrogens with two attached hydrogens (primary N) is 1. The van der Waals surface area contributed by atoms with Gasteiger partial charge in [0.25, 0.3) is 0 Å². The number of hydrogen-bond donors (Lipinski definition) is 1. The molecule has 0 saturated carbocycles. The van der Waals surface area contributed by atoms with Crippen molar-refractivity contribution in [3.8, 4) is 5.69 Å². The molecule has 1 unspecified atom stereocenters. The number of para-hydroxylation sites is 1. The minimum absolute atomic E-state index is 0.0685. The van der Waals surface area contributed by atoms with Crippen LogP contribution in [-0.2, 0) is 6.42 Å². The third-order valence-electron chi connectivity index (χ3n) is 3.06. The molecule has 1 aromatic heterocycles. The molecule has 1 aromatic carbocycles. The van der Waals surface area contributed by atoms with Gasteiger partial charge in [-0.15, -0.1) is 5.10 Å². The van der Waals surface area contributed by atoms with Gasteiger partial charge in [-0.05, 0) is 31.4 Å². The molecule has 1 atom stereocenters. The molecule has 4 nitrogen and oxygen atoms in total. The quantitative estimate of drug-likeness (QED) is 0.784. The molecule has 0 aliphatic heterocycles. The van der Waals surface area contributed by atoms with Crippen molar-refractivity contribution in [2.45, 2.75) is 25.3 Å². The fourth-order valence-corrected chi connectivity index (χ4v) is 2.26. The first-order valence-corrected chi connectivity index (χ1v) is 5.62. The summed E-state index contributed by atoms with van der Waals surface area (Å²) in [4.78, 5) is 0. The maximum absolute atomic E-state index is 6.13. The van der Waals surface area contributed by atoms with Crippen molar-refractivity contribution < 1.29 is 0 Å². The molecule has 0 amide bonds. The Bertz CT molecular complexity index is 489. The number of rotatable bonds is 1. The molecule has 0 bridgehead atoms. The maximum atomic E-state index is 6.13. The van der Waals surface area contributed by atoms with Crippen LogP contribution in [0.4, 0.5) is 0 Å². The smallest absolute Gasteiger partial charge is 0.0880 e. The Morgan fingerprint density at radius 3 is 2.88 bits per heavy atom. The van der Waals surface area contributed by atoms with Crippen LogP contribution in [0.3, 0.4) is 0 Å². The van der Waals surface area contributed by atoms with Crippen LogP contribution in [0.2, 0.25) is 0 Å². The second-order valence-electron chi connectivity index (χ2n) is 4.17. The summed E-state index contributed by atoms with van der Waals surface area (Å²) in [6, 6.07) is 10.1. The van der Waals surface area contributed by atoms with E-state index in [0.29, 0.717) is 0 Å². The minimum Gasteiger partial charge on any atom is -0.323 e. The number of benzene rings is 1. The number of aromatic nitrogens is 3. The van der Waals surface area contributed by atoms with Gasteiger partial charge in [0.1, 0.15) is 0 Å². The summed E-state index contributed by atoms with van der Waals surface area (Å²) in [7, 11) is 0. The lowest BCUT2D eigenvalue weighted by Crippen LogP contribution is -2.20. The SMILES string of the molecule is NC1CCCc2nnn(-c3ccccc3)c21. The molecule has 1 aliphatic rings. The number of nitrogens with zero attached hydrogens (tertiary/aromatic N) is 3. The minimum atomic E-state index is 0.0685. The molecule has 2 aromatic rings. The number of aryl methyl sites for hydroxylation is 1. The van der Waals surface area contributed by atoms with E-state index < -0.39 is 0 Å². The molecule has 82 valence electrons. The van der Waals surface area contributed by atoms with E-state index in [-0.39, 0.29) is 6.04 Å². The Morgan fingerprint density at radius 2 is 2.06 bits per heavy atom. The highest BCUT2D eigenvalue weighted by molar-refractivity contribution is 5.34. The van der Waals surface area contributed by atoms with E-state index in [4.69, 9.17) is 5.73 Å². The third-order valence-corrected chi connectivity index (χ3v) is 3.06. The molecule has 2 N–H and O–H groups in total. The fourth-order valence-electron chi connectivity index (χ4n) is 2.26. The molecule has 16 heavy (non-hydrogen) atoms. The van der Waals surface area contributed by atoms with Crippen LogP contribution in [0.15, 0.2) is 30.3 Å². The third kappa shape index (κ3) is 1.42. The highest BCUT2D eigenvalue weighted by atomic mass is 15.4. The molecule has 1 heterocycles. The van der Waals surface area contributed by atoms with Crippen molar-refractivity contribution in [1.82, 2.24) is 15.0 Å². The lowest BCUT2D eigenvalue weighted by Gasteiger charge is -2.18. The first kappa shape index (κ1) is 9.54. The van der Waals surface area contributed by atoms with E-state index in [9.17, 15) is 0 Å². The lowest BCUT2D eigenvalue weighted by atomic mass is 9.96. The van der Waals surface area contributed by atoms with Crippen LogP contribution in [0, 0.1) is 0 Å². The van der Waals surface area contributed by atoms with Gasteiger partial charge in [0.15, 0.2) is 0 Å². The highest BCUT2D eigenvalue weighted by Gasteiger charge is 2.23. The fraction of sp³-hybridized carbons (Fsp3) is 0.333. The van der Waals surface area contributed by atoms with Gasteiger partial charge in [0.2, 0.25) is 0 Å². The van der Waals surface area contributed by atoms with Gasteiger partial charge in [-0.25, -0.2) is 4.68 Å². The van der Waals surface area contributed by atoms with Crippen LogP contribution < -0.4 is 5.73 Å². The van der Waals surface area contributed by atoms with Crippen molar-refractivity contribution in [2.75, 3.05) is 0 Å². The van der Waals surface area contributed by atoms with Crippen molar-refractivity contribution in [2.24, 2.45) is 5.73 Å². The highest BCUT2D eigenvalue weighted by Crippen LogP contribution is 2.27. The number of fused-ring (bicyclic) bond motifs is 1. The monoisotopic (exact) mass is 214 g/mol. The van der Waals surface area contributed by atoms with E-state index in [1.807, 2.05) is 35.0 Å².